The van der Waals surface area contributed by atoms with Gasteiger partial charge in [-0.25, -0.2) is 4.98 Å². The van der Waals surface area contributed by atoms with Crippen molar-refractivity contribution < 1.29 is 4.74 Å². The summed E-state index contributed by atoms with van der Waals surface area (Å²) in [5, 5.41) is 0.949. The van der Waals surface area contributed by atoms with Crippen molar-refractivity contribution in [2.75, 3.05) is 18.9 Å². The van der Waals surface area contributed by atoms with Crippen LogP contribution in [0.2, 0.25) is 0 Å². The van der Waals surface area contributed by atoms with Crippen molar-refractivity contribution >= 4 is 16.6 Å². The Bertz CT molecular complexity index is 800. The molecule has 1 saturated heterocycles. The number of nitrogen functional groups attached to an aromatic ring is 1. The van der Waals surface area contributed by atoms with Crippen LogP contribution in [0.15, 0.2) is 43.0 Å². The third-order valence-electron chi connectivity index (χ3n) is 3.87. The fourth-order valence-electron chi connectivity index (χ4n) is 2.70. The van der Waals surface area contributed by atoms with Crippen LogP contribution in [0.1, 0.15) is 11.5 Å². The Kier molecular flexibility index (Phi) is 2.79. The van der Waals surface area contributed by atoms with Crippen molar-refractivity contribution in [1.82, 2.24) is 15.0 Å². The number of hydrogen-bond acceptors (Lipinski definition) is 5. The van der Waals surface area contributed by atoms with E-state index in [0.717, 1.165) is 33.4 Å². The van der Waals surface area contributed by atoms with Gasteiger partial charge in [-0.3, -0.25) is 9.97 Å². The molecule has 0 aliphatic carbocycles. The van der Waals surface area contributed by atoms with Crippen LogP contribution >= 0.6 is 0 Å². The highest BCUT2D eigenvalue weighted by molar-refractivity contribution is 5.95. The molecule has 3 aromatic rings. The molecule has 4 rings (SSSR count). The summed E-state index contributed by atoms with van der Waals surface area (Å²) in [4.78, 5) is 13.0. The van der Waals surface area contributed by atoms with Crippen molar-refractivity contribution in [2.45, 2.75) is 5.92 Å². The van der Waals surface area contributed by atoms with Crippen LogP contribution in [-0.4, -0.2) is 28.2 Å². The molecule has 5 heteroatoms. The molecular weight excluding hydrogens is 264 g/mol. The second-order valence-electron chi connectivity index (χ2n) is 5.15. The maximum Gasteiger partial charge on any atom is 0.0913 e. The molecule has 21 heavy (non-hydrogen) atoms. The molecule has 1 fully saturated rings. The molecule has 3 aromatic heterocycles. The van der Waals surface area contributed by atoms with Crippen molar-refractivity contribution in [1.29, 1.82) is 0 Å². The molecule has 4 heterocycles. The third-order valence-corrected chi connectivity index (χ3v) is 3.87. The average Bonchev–Trinajstić information content (AvgIpc) is 2.49. The van der Waals surface area contributed by atoms with Gasteiger partial charge in [-0.05, 0) is 18.2 Å². The lowest BCUT2D eigenvalue weighted by atomic mass is 9.90. The molecule has 0 unspecified atom stereocenters. The molecule has 104 valence electrons. The largest absolute Gasteiger partial charge is 0.398 e. The Labute approximate surface area is 121 Å². The molecule has 0 atom stereocenters. The lowest BCUT2D eigenvalue weighted by Gasteiger charge is -2.29. The normalized spacial score (nSPS) is 15.0. The number of anilines is 1. The van der Waals surface area contributed by atoms with Gasteiger partial charge in [-0.1, -0.05) is 0 Å². The van der Waals surface area contributed by atoms with Gasteiger partial charge < -0.3 is 10.5 Å². The Balaban J connectivity index is 2.03. The fourth-order valence-corrected chi connectivity index (χ4v) is 2.70. The summed E-state index contributed by atoms with van der Waals surface area (Å²) in [5.74, 6) is 0.304. The molecule has 0 saturated carbocycles. The summed E-state index contributed by atoms with van der Waals surface area (Å²) < 4.78 is 5.34. The Hall–Kier alpha value is -2.53. The highest BCUT2D eigenvalue weighted by Crippen LogP contribution is 2.39. The van der Waals surface area contributed by atoms with Crippen molar-refractivity contribution in [2.24, 2.45) is 0 Å². The summed E-state index contributed by atoms with van der Waals surface area (Å²) >= 11 is 0. The molecule has 5 nitrogen and oxygen atoms in total. The number of nitrogens with zero attached hydrogens (tertiary/aromatic N) is 3. The number of fused-ring (bicyclic) bond motifs is 1. The summed E-state index contributed by atoms with van der Waals surface area (Å²) in [6.45, 7) is 1.39. The van der Waals surface area contributed by atoms with Gasteiger partial charge in [0.05, 0.1) is 30.6 Å². The zero-order valence-corrected chi connectivity index (χ0v) is 11.4. The van der Waals surface area contributed by atoms with Crippen LogP contribution in [0.25, 0.3) is 22.2 Å². The first kappa shape index (κ1) is 12.2. The van der Waals surface area contributed by atoms with Gasteiger partial charge in [-0.2, -0.15) is 0 Å². The van der Waals surface area contributed by atoms with Crippen LogP contribution < -0.4 is 5.73 Å². The van der Waals surface area contributed by atoms with Gasteiger partial charge in [0, 0.05) is 46.7 Å². The third kappa shape index (κ3) is 1.94. The first-order chi connectivity index (χ1) is 10.3. The molecule has 0 aromatic carbocycles. The van der Waals surface area contributed by atoms with Gasteiger partial charge in [0.25, 0.3) is 0 Å². The second kappa shape index (κ2) is 4.79. The van der Waals surface area contributed by atoms with Gasteiger partial charge in [-0.15, -0.1) is 0 Å². The Morgan fingerprint density at radius 2 is 1.81 bits per heavy atom. The van der Waals surface area contributed by atoms with E-state index >= 15 is 0 Å². The van der Waals surface area contributed by atoms with Gasteiger partial charge >= 0.3 is 0 Å². The summed E-state index contributed by atoms with van der Waals surface area (Å²) in [7, 11) is 0. The van der Waals surface area contributed by atoms with E-state index < -0.39 is 0 Å². The van der Waals surface area contributed by atoms with E-state index in [9.17, 15) is 0 Å². The minimum Gasteiger partial charge on any atom is -0.398 e. The quantitative estimate of drug-likeness (QED) is 0.779. The monoisotopic (exact) mass is 278 g/mol. The zero-order chi connectivity index (χ0) is 14.2. The molecule has 1 aliphatic heterocycles. The summed E-state index contributed by atoms with van der Waals surface area (Å²) in [6.07, 6.45) is 7.02. The van der Waals surface area contributed by atoms with Crippen molar-refractivity contribution in [3.63, 3.8) is 0 Å². The minimum absolute atomic E-state index is 0.304. The van der Waals surface area contributed by atoms with E-state index in [0.29, 0.717) is 19.1 Å². The van der Waals surface area contributed by atoms with E-state index in [2.05, 4.69) is 9.97 Å². The molecule has 1 aliphatic rings. The van der Waals surface area contributed by atoms with E-state index in [-0.39, 0.29) is 0 Å². The Morgan fingerprint density at radius 3 is 2.52 bits per heavy atom. The van der Waals surface area contributed by atoms with E-state index in [4.69, 9.17) is 15.5 Å². The number of aromatic nitrogens is 3. The van der Waals surface area contributed by atoms with E-state index in [1.54, 1.807) is 24.8 Å². The molecule has 2 N–H and O–H groups in total. The Morgan fingerprint density at radius 1 is 1.05 bits per heavy atom. The first-order valence-corrected chi connectivity index (χ1v) is 6.86. The van der Waals surface area contributed by atoms with Crippen molar-refractivity contribution in [3.05, 3.63) is 48.5 Å². The van der Waals surface area contributed by atoms with E-state index in [1.165, 1.54) is 0 Å². The molecule has 0 amide bonds. The van der Waals surface area contributed by atoms with Gasteiger partial charge in [0.1, 0.15) is 0 Å². The van der Waals surface area contributed by atoms with Crippen LogP contribution in [0, 0.1) is 0 Å². The number of rotatable bonds is 2. The smallest absolute Gasteiger partial charge is 0.0913 e. The van der Waals surface area contributed by atoms with Gasteiger partial charge in [0.15, 0.2) is 0 Å². The average molecular weight is 278 g/mol. The molecule has 0 bridgehead atoms. The first-order valence-electron chi connectivity index (χ1n) is 6.86. The number of pyridine rings is 3. The fraction of sp³-hybridized carbons (Fsp3) is 0.188. The predicted molar refractivity (Wildman–Crippen MR) is 80.7 cm³/mol. The van der Waals surface area contributed by atoms with Gasteiger partial charge in [0.2, 0.25) is 0 Å². The maximum atomic E-state index is 6.43. The lowest BCUT2D eigenvalue weighted by molar-refractivity contribution is 0.00886. The highest BCUT2D eigenvalue weighted by atomic mass is 16.5. The highest BCUT2D eigenvalue weighted by Gasteiger charge is 2.28. The standard InChI is InChI=1S/C16H14N4O/c17-15-12-3-6-19-7-13(12)20-16(10-1-4-18-5-2-10)14(15)11-8-21-9-11/h1-7,11H,8-9H2,(H2,17,20). The SMILES string of the molecule is Nc1c(C2COC2)c(-c2ccncc2)nc2cnccc12. The maximum absolute atomic E-state index is 6.43. The molecule has 0 radical (unpaired) electrons. The predicted octanol–water partition coefficient (Wildman–Crippen LogP) is 2.39. The lowest BCUT2D eigenvalue weighted by Crippen LogP contribution is -2.27. The second-order valence-corrected chi connectivity index (χ2v) is 5.15. The topological polar surface area (TPSA) is 73.9 Å². The van der Waals surface area contributed by atoms with Crippen LogP contribution in [-0.2, 0) is 4.74 Å². The number of nitrogens with two attached hydrogens (primary N) is 1. The van der Waals surface area contributed by atoms with Crippen LogP contribution in [0.4, 0.5) is 5.69 Å². The van der Waals surface area contributed by atoms with E-state index in [1.807, 2.05) is 18.2 Å². The summed E-state index contributed by atoms with van der Waals surface area (Å²) in [6, 6.07) is 5.82. The number of ether oxygens (including phenoxy) is 1. The van der Waals surface area contributed by atoms with Crippen LogP contribution in [0.5, 0.6) is 0 Å². The van der Waals surface area contributed by atoms with Crippen LogP contribution in [0.3, 0.4) is 0 Å². The number of hydrogen-bond donors (Lipinski definition) is 1. The van der Waals surface area contributed by atoms with Crippen molar-refractivity contribution in [3.8, 4) is 11.3 Å². The molecular formula is C16H14N4O. The summed E-state index contributed by atoms with van der Waals surface area (Å²) in [5.41, 5.74) is 11.0. The minimum atomic E-state index is 0.304. The zero-order valence-electron chi connectivity index (χ0n) is 11.4. The molecule has 0 spiro atoms.